The van der Waals surface area contributed by atoms with Crippen LogP contribution in [0.1, 0.15) is 58.6 Å². The second-order valence-electron chi connectivity index (χ2n) is 11.7. The molecule has 0 saturated carbocycles. The molecule has 0 bridgehead atoms. The van der Waals surface area contributed by atoms with E-state index in [0.29, 0.717) is 73.5 Å². The quantitative estimate of drug-likeness (QED) is 0.168. The number of alkyl carbamates (subject to hydrolysis) is 1. The van der Waals surface area contributed by atoms with Gasteiger partial charge in [-0.25, -0.2) is 9.18 Å². The van der Waals surface area contributed by atoms with Gasteiger partial charge < -0.3 is 25.4 Å². The maximum Gasteiger partial charge on any atom is 0.406 e. The first-order valence-corrected chi connectivity index (χ1v) is 15.5. The Labute approximate surface area is 267 Å². The minimum Gasteiger partial charge on any atom is -0.453 e. The SMILES string of the molecule is COC(=O)NCCCC(O)(c1cccc(F)c1-c1cccc(C)c1)C1CCCN(C(=O)c2ccc(CNCc3nn[nH]n3)cc2)C1. The van der Waals surface area contributed by atoms with Crippen LogP contribution in [0.3, 0.4) is 0 Å². The number of rotatable bonds is 12. The monoisotopic (exact) mass is 629 g/mol. The van der Waals surface area contributed by atoms with Gasteiger partial charge in [0.25, 0.3) is 5.91 Å². The summed E-state index contributed by atoms with van der Waals surface area (Å²) in [7, 11) is 1.29. The van der Waals surface area contributed by atoms with Crippen molar-refractivity contribution in [3.8, 4) is 11.1 Å². The first kappa shape index (κ1) is 32.7. The van der Waals surface area contributed by atoms with Gasteiger partial charge in [0.15, 0.2) is 5.82 Å². The molecule has 11 nitrogen and oxygen atoms in total. The highest BCUT2D eigenvalue weighted by molar-refractivity contribution is 5.94. The number of benzene rings is 3. The molecule has 2 heterocycles. The number of methoxy groups -OCH3 is 1. The number of halogens is 1. The predicted octanol–water partition coefficient (Wildman–Crippen LogP) is 4.48. The second-order valence-corrected chi connectivity index (χ2v) is 11.7. The minimum absolute atomic E-state index is 0.121. The number of aliphatic hydroxyl groups is 1. The third kappa shape index (κ3) is 7.75. The van der Waals surface area contributed by atoms with Crippen LogP contribution in [0.25, 0.3) is 11.1 Å². The van der Waals surface area contributed by atoms with Crippen LogP contribution in [0.2, 0.25) is 0 Å². The average molecular weight is 630 g/mol. The zero-order valence-corrected chi connectivity index (χ0v) is 26.1. The van der Waals surface area contributed by atoms with Crippen molar-refractivity contribution < 1.29 is 23.8 Å². The molecule has 1 saturated heterocycles. The summed E-state index contributed by atoms with van der Waals surface area (Å²) in [5, 5.41) is 32.4. The van der Waals surface area contributed by atoms with Crippen molar-refractivity contribution in [1.82, 2.24) is 36.2 Å². The average Bonchev–Trinajstić information content (AvgIpc) is 3.60. The molecule has 1 aromatic heterocycles. The number of H-pyrrole nitrogens is 1. The van der Waals surface area contributed by atoms with Crippen LogP contribution in [0.5, 0.6) is 0 Å². The van der Waals surface area contributed by atoms with E-state index in [1.165, 1.54) is 13.2 Å². The van der Waals surface area contributed by atoms with E-state index in [0.717, 1.165) is 11.1 Å². The fourth-order valence-electron chi connectivity index (χ4n) is 6.23. The number of carbonyl (C=O) groups excluding carboxylic acids is 2. The van der Waals surface area contributed by atoms with Crippen molar-refractivity contribution >= 4 is 12.0 Å². The summed E-state index contributed by atoms with van der Waals surface area (Å²) in [6, 6.07) is 19.8. The molecule has 4 N–H and O–H groups in total. The Bertz CT molecular complexity index is 1620. The molecule has 4 aromatic rings. The van der Waals surface area contributed by atoms with Crippen LogP contribution >= 0.6 is 0 Å². The van der Waals surface area contributed by atoms with Crippen molar-refractivity contribution in [2.75, 3.05) is 26.7 Å². The van der Waals surface area contributed by atoms with E-state index in [1.54, 1.807) is 17.0 Å². The maximum absolute atomic E-state index is 15.6. The maximum atomic E-state index is 15.6. The van der Waals surface area contributed by atoms with E-state index < -0.39 is 17.5 Å². The lowest BCUT2D eigenvalue weighted by molar-refractivity contribution is -0.0564. The highest BCUT2D eigenvalue weighted by atomic mass is 19.1. The van der Waals surface area contributed by atoms with Crippen LogP contribution in [-0.4, -0.2) is 69.4 Å². The summed E-state index contributed by atoms with van der Waals surface area (Å²) in [4.78, 5) is 27.2. The molecular weight excluding hydrogens is 589 g/mol. The Morgan fingerprint density at radius 1 is 1.13 bits per heavy atom. The number of likely N-dealkylation sites (tertiary alicyclic amines) is 1. The fraction of sp³-hybridized carbons (Fsp3) is 0.382. The summed E-state index contributed by atoms with van der Waals surface area (Å²) in [5.41, 5.74) is 2.55. The van der Waals surface area contributed by atoms with Gasteiger partial charge in [0.05, 0.1) is 19.3 Å². The molecule has 3 aromatic carbocycles. The zero-order chi connectivity index (χ0) is 32.5. The number of aryl methyl sites for hydroxylation is 1. The van der Waals surface area contributed by atoms with Gasteiger partial charge in [0.2, 0.25) is 0 Å². The molecule has 12 heteroatoms. The second kappa shape index (κ2) is 15.1. The molecule has 0 radical (unpaired) electrons. The van der Waals surface area contributed by atoms with Gasteiger partial charge in [-0.3, -0.25) is 4.79 Å². The third-order valence-corrected chi connectivity index (χ3v) is 8.56. The topological polar surface area (TPSA) is 145 Å². The van der Waals surface area contributed by atoms with Gasteiger partial charge in [-0.1, -0.05) is 59.3 Å². The van der Waals surface area contributed by atoms with Crippen LogP contribution < -0.4 is 10.6 Å². The first-order chi connectivity index (χ1) is 22.3. The highest BCUT2D eigenvalue weighted by Crippen LogP contribution is 2.44. The predicted molar refractivity (Wildman–Crippen MR) is 170 cm³/mol. The Morgan fingerprint density at radius 3 is 2.67 bits per heavy atom. The normalized spacial score (nSPS) is 16.1. The number of hydrogen-bond acceptors (Lipinski definition) is 8. The third-order valence-electron chi connectivity index (χ3n) is 8.56. The minimum atomic E-state index is -1.48. The number of hydrogen-bond donors (Lipinski definition) is 4. The molecule has 2 amide bonds. The molecule has 5 rings (SSSR count). The summed E-state index contributed by atoms with van der Waals surface area (Å²) >= 11 is 0. The molecule has 1 aliphatic heterocycles. The number of nitrogens with one attached hydrogen (secondary N) is 3. The van der Waals surface area contributed by atoms with E-state index in [-0.39, 0.29) is 24.8 Å². The Hall–Kier alpha value is -4.68. The van der Waals surface area contributed by atoms with Crippen LogP contribution in [-0.2, 0) is 23.4 Å². The molecule has 2 atom stereocenters. The van der Waals surface area contributed by atoms with Crippen molar-refractivity contribution in [2.24, 2.45) is 5.92 Å². The largest absolute Gasteiger partial charge is 0.453 e. The molecule has 46 heavy (non-hydrogen) atoms. The van der Waals surface area contributed by atoms with Crippen molar-refractivity contribution in [3.05, 3.63) is 101 Å². The Kier molecular flexibility index (Phi) is 10.7. The van der Waals surface area contributed by atoms with Gasteiger partial charge >= 0.3 is 6.09 Å². The van der Waals surface area contributed by atoms with Gasteiger partial charge in [-0.2, -0.15) is 5.21 Å². The number of carbonyl (C=O) groups is 2. The fourth-order valence-corrected chi connectivity index (χ4v) is 6.23. The number of amides is 2. The number of aromatic amines is 1. The van der Waals surface area contributed by atoms with E-state index >= 15 is 4.39 Å². The lowest BCUT2D eigenvalue weighted by atomic mass is 9.72. The summed E-state index contributed by atoms with van der Waals surface area (Å²) < 4.78 is 20.3. The van der Waals surface area contributed by atoms with Crippen molar-refractivity contribution in [2.45, 2.75) is 51.3 Å². The number of tetrazole rings is 1. The lowest BCUT2D eigenvalue weighted by Gasteiger charge is -2.43. The Balaban J connectivity index is 1.37. The molecule has 2 unspecified atom stereocenters. The van der Waals surface area contributed by atoms with E-state index in [1.807, 2.05) is 55.5 Å². The van der Waals surface area contributed by atoms with Crippen LogP contribution in [0, 0.1) is 18.7 Å². The number of aromatic nitrogens is 4. The molecule has 0 spiro atoms. The van der Waals surface area contributed by atoms with E-state index in [9.17, 15) is 14.7 Å². The van der Waals surface area contributed by atoms with Gasteiger partial charge in [0, 0.05) is 43.2 Å². The molecule has 242 valence electrons. The highest BCUT2D eigenvalue weighted by Gasteiger charge is 2.43. The molecule has 1 aliphatic rings. The first-order valence-electron chi connectivity index (χ1n) is 15.5. The van der Waals surface area contributed by atoms with Crippen LogP contribution in [0.15, 0.2) is 66.7 Å². The molecule has 1 fully saturated rings. The summed E-state index contributed by atoms with van der Waals surface area (Å²) in [6.45, 7) is 4.11. The Morgan fingerprint density at radius 2 is 1.93 bits per heavy atom. The lowest BCUT2D eigenvalue weighted by Crippen LogP contribution is -2.48. The summed E-state index contributed by atoms with van der Waals surface area (Å²) in [5.74, 6) is -0.355. The number of piperidine rings is 1. The molecule has 0 aliphatic carbocycles. The van der Waals surface area contributed by atoms with Gasteiger partial charge in [-0.05, 0) is 67.5 Å². The van der Waals surface area contributed by atoms with Crippen LogP contribution in [0.4, 0.5) is 9.18 Å². The van der Waals surface area contributed by atoms with Crippen molar-refractivity contribution in [3.63, 3.8) is 0 Å². The van der Waals surface area contributed by atoms with Crippen molar-refractivity contribution in [1.29, 1.82) is 0 Å². The van der Waals surface area contributed by atoms with E-state index in [2.05, 4.69) is 31.3 Å². The smallest absolute Gasteiger partial charge is 0.406 e. The number of ether oxygens (including phenoxy) is 1. The summed E-state index contributed by atoms with van der Waals surface area (Å²) in [6.07, 6.45) is 1.45. The number of nitrogens with zero attached hydrogens (tertiary/aromatic N) is 4. The molecular formula is C34H40FN7O4. The zero-order valence-electron chi connectivity index (χ0n) is 26.1. The van der Waals surface area contributed by atoms with Gasteiger partial charge in [0.1, 0.15) is 5.82 Å². The van der Waals surface area contributed by atoms with E-state index in [4.69, 9.17) is 4.74 Å². The van der Waals surface area contributed by atoms with Gasteiger partial charge in [-0.15, -0.1) is 10.2 Å². The standard InChI is InChI=1S/C34H40FN7O4/c1-23-7-3-8-26(19-23)31-28(10-4-11-29(31)35)34(45,16-6-17-37-33(44)46-2)27-9-5-18-42(22-27)32(43)25-14-12-24(13-15-25)20-36-21-30-38-40-41-39-30/h3-4,7-8,10-15,19,27,36,45H,5-6,9,16-18,20-22H2,1-2H3,(H,37,44)(H,38,39,40,41).